The van der Waals surface area contributed by atoms with Crippen LogP contribution in [0, 0.1) is 0 Å². The van der Waals surface area contributed by atoms with E-state index in [4.69, 9.17) is 0 Å². The van der Waals surface area contributed by atoms with Crippen LogP contribution >= 0.6 is 0 Å². The van der Waals surface area contributed by atoms with Gasteiger partial charge in [0.15, 0.2) is 0 Å². The summed E-state index contributed by atoms with van der Waals surface area (Å²) < 4.78 is 0. The fraction of sp³-hybridized carbons (Fsp3) is 0.667. The molecule has 1 rings (SSSR count). The molecule has 15 heavy (non-hydrogen) atoms. The third-order valence-corrected chi connectivity index (χ3v) is 2.60. The van der Waals surface area contributed by atoms with Crippen molar-refractivity contribution in [2.24, 2.45) is 0 Å². The first kappa shape index (κ1) is 14.7. The van der Waals surface area contributed by atoms with E-state index in [0.29, 0.717) is 0 Å². The Bertz CT molecular complexity index is 192. The zero-order chi connectivity index (χ0) is 10.2. The van der Waals surface area contributed by atoms with Crippen LogP contribution < -0.4 is 0 Å². The Morgan fingerprint density at radius 3 is 2.53 bits per heavy atom. The second-order valence-electron chi connectivity index (χ2n) is 3.86. The molecule has 3 heteroatoms. The molecule has 0 N–H and O–H groups in total. The average molecular weight is 381 g/mol. The van der Waals surface area contributed by atoms with Crippen molar-refractivity contribution in [2.45, 2.75) is 39.0 Å². The van der Waals surface area contributed by atoms with Crippen molar-refractivity contribution in [1.29, 1.82) is 0 Å². The molecular formula is C12H22N2Re. The molecule has 0 aromatic heterocycles. The molecule has 0 spiro atoms. The summed E-state index contributed by atoms with van der Waals surface area (Å²) in [5.74, 6) is 0. The maximum atomic E-state index is 3.75. The van der Waals surface area contributed by atoms with E-state index in [-0.39, 0.29) is 20.4 Å². The van der Waals surface area contributed by atoms with E-state index in [2.05, 4.69) is 35.7 Å². The molecule has 1 aliphatic heterocycles. The zero-order valence-corrected chi connectivity index (χ0v) is 12.4. The molecule has 1 aliphatic rings. The van der Waals surface area contributed by atoms with E-state index in [1.807, 2.05) is 6.20 Å². The van der Waals surface area contributed by atoms with Crippen molar-refractivity contribution in [1.82, 2.24) is 9.80 Å². The fourth-order valence-electron chi connectivity index (χ4n) is 1.67. The minimum atomic E-state index is 0. The molecule has 0 fully saturated rings. The molecule has 0 aromatic rings. The minimum Gasteiger partial charge on any atom is -0.358 e. The van der Waals surface area contributed by atoms with Gasteiger partial charge in [0.2, 0.25) is 0 Å². The minimum absolute atomic E-state index is 0. The van der Waals surface area contributed by atoms with Crippen LogP contribution in [0.3, 0.4) is 0 Å². The Kier molecular flexibility index (Phi) is 8.85. The molecule has 0 atom stereocenters. The van der Waals surface area contributed by atoms with Crippen LogP contribution in [0.5, 0.6) is 0 Å². The Balaban J connectivity index is 0.00000196. The third-order valence-electron chi connectivity index (χ3n) is 2.60. The van der Waals surface area contributed by atoms with Gasteiger partial charge in [-0.25, -0.2) is 0 Å². The fourth-order valence-corrected chi connectivity index (χ4v) is 1.67. The molecule has 0 aliphatic carbocycles. The molecule has 87 valence electrons. The standard InChI is InChI=1S/C12H22N2.Re/c1-3-5-6-7-8-9-14-11-10-13(4-2)12-14;/h4,10-11H,2-3,5-9,12H2,1H3;. The van der Waals surface area contributed by atoms with Crippen molar-refractivity contribution >= 4 is 0 Å². The van der Waals surface area contributed by atoms with Crippen LogP contribution in [0.15, 0.2) is 25.2 Å². The van der Waals surface area contributed by atoms with Crippen molar-refractivity contribution in [2.75, 3.05) is 13.2 Å². The third kappa shape index (κ3) is 6.02. The van der Waals surface area contributed by atoms with Crippen molar-refractivity contribution in [3.63, 3.8) is 0 Å². The summed E-state index contributed by atoms with van der Waals surface area (Å²) in [7, 11) is 0. The van der Waals surface area contributed by atoms with Gasteiger partial charge < -0.3 is 9.80 Å². The summed E-state index contributed by atoms with van der Waals surface area (Å²) in [6.45, 7) is 8.17. The first-order chi connectivity index (χ1) is 6.86. The summed E-state index contributed by atoms with van der Waals surface area (Å²) >= 11 is 0. The van der Waals surface area contributed by atoms with Crippen LogP contribution in [-0.4, -0.2) is 23.0 Å². The average Bonchev–Trinajstić information content (AvgIpc) is 2.65. The molecule has 1 radical (unpaired) electrons. The van der Waals surface area contributed by atoms with Gasteiger partial charge in [-0.05, 0) is 12.6 Å². The molecular weight excluding hydrogens is 358 g/mol. The molecule has 1 heterocycles. The van der Waals surface area contributed by atoms with E-state index in [9.17, 15) is 0 Å². The number of nitrogens with zero attached hydrogens (tertiary/aromatic N) is 2. The van der Waals surface area contributed by atoms with Gasteiger partial charge in [-0.2, -0.15) is 0 Å². The van der Waals surface area contributed by atoms with E-state index < -0.39 is 0 Å². The topological polar surface area (TPSA) is 6.48 Å². The van der Waals surface area contributed by atoms with Gasteiger partial charge in [0.25, 0.3) is 0 Å². The molecule has 0 bridgehead atoms. The summed E-state index contributed by atoms with van der Waals surface area (Å²) in [6, 6.07) is 0. The Morgan fingerprint density at radius 1 is 1.20 bits per heavy atom. The SMILES string of the molecule is C=CN1C=CN(CCCCCCC)C1.[Re]. The number of hydrogen-bond acceptors (Lipinski definition) is 2. The summed E-state index contributed by atoms with van der Waals surface area (Å²) in [6.07, 6.45) is 12.9. The van der Waals surface area contributed by atoms with Gasteiger partial charge in [-0.15, -0.1) is 0 Å². The molecule has 0 saturated carbocycles. The number of hydrogen-bond donors (Lipinski definition) is 0. The predicted molar refractivity (Wildman–Crippen MR) is 61.5 cm³/mol. The van der Waals surface area contributed by atoms with Crippen LogP contribution in [0.25, 0.3) is 0 Å². The molecule has 0 amide bonds. The van der Waals surface area contributed by atoms with E-state index >= 15 is 0 Å². The normalized spacial score (nSPS) is 14.2. The van der Waals surface area contributed by atoms with Crippen LogP contribution in [-0.2, 0) is 20.4 Å². The van der Waals surface area contributed by atoms with Crippen LogP contribution in [0.1, 0.15) is 39.0 Å². The van der Waals surface area contributed by atoms with Gasteiger partial charge in [0, 0.05) is 39.4 Å². The number of rotatable bonds is 7. The first-order valence-electron chi connectivity index (χ1n) is 5.67. The van der Waals surface area contributed by atoms with Crippen molar-refractivity contribution in [3.05, 3.63) is 25.2 Å². The van der Waals surface area contributed by atoms with E-state index in [0.717, 1.165) is 6.67 Å². The summed E-state index contributed by atoms with van der Waals surface area (Å²) in [4.78, 5) is 4.44. The predicted octanol–water partition coefficient (Wildman–Crippen LogP) is 3.14. The Hall–Kier alpha value is -0.258. The van der Waals surface area contributed by atoms with Gasteiger partial charge in [0.1, 0.15) is 0 Å². The van der Waals surface area contributed by atoms with Crippen molar-refractivity contribution < 1.29 is 20.4 Å². The number of unbranched alkanes of at least 4 members (excludes halogenated alkanes) is 4. The largest absolute Gasteiger partial charge is 0.358 e. The molecule has 0 unspecified atom stereocenters. The van der Waals surface area contributed by atoms with E-state index in [1.165, 1.54) is 38.6 Å². The monoisotopic (exact) mass is 381 g/mol. The summed E-state index contributed by atoms with van der Waals surface area (Å²) in [5, 5.41) is 0. The van der Waals surface area contributed by atoms with Crippen molar-refractivity contribution in [3.8, 4) is 0 Å². The summed E-state index contributed by atoms with van der Waals surface area (Å²) in [5.41, 5.74) is 0. The zero-order valence-electron chi connectivity index (χ0n) is 9.66. The smallest absolute Gasteiger partial charge is 0.0935 e. The molecule has 0 saturated heterocycles. The molecule has 2 nitrogen and oxygen atoms in total. The maximum Gasteiger partial charge on any atom is 0.0935 e. The quantitative estimate of drug-likeness (QED) is 0.626. The Labute approximate surface area is 108 Å². The van der Waals surface area contributed by atoms with Crippen LogP contribution in [0.4, 0.5) is 0 Å². The van der Waals surface area contributed by atoms with Gasteiger partial charge in [-0.3, -0.25) is 0 Å². The van der Waals surface area contributed by atoms with Gasteiger partial charge in [0.05, 0.1) is 6.67 Å². The Morgan fingerprint density at radius 2 is 1.93 bits per heavy atom. The van der Waals surface area contributed by atoms with Gasteiger partial charge in [-0.1, -0.05) is 39.2 Å². The first-order valence-corrected chi connectivity index (χ1v) is 5.67. The maximum absolute atomic E-state index is 3.75. The van der Waals surface area contributed by atoms with Crippen LogP contribution in [0.2, 0.25) is 0 Å². The second-order valence-corrected chi connectivity index (χ2v) is 3.86. The second kappa shape index (κ2) is 9.00. The van der Waals surface area contributed by atoms with Gasteiger partial charge >= 0.3 is 0 Å². The van der Waals surface area contributed by atoms with E-state index in [1.54, 1.807) is 0 Å². The molecule has 0 aromatic carbocycles.